The van der Waals surface area contributed by atoms with Crippen molar-refractivity contribution in [2.24, 2.45) is 0 Å². The van der Waals surface area contributed by atoms with E-state index in [1.807, 2.05) is 0 Å². The van der Waals surface area contributed by atoms with Gasteiger partial charge in [-0.3, -0.25) is 4.79 Å². The second kappa shape index (κ2) is 11.1. The molecule has 5 heteroatoms. The van der Waals surface area contributed by atoms with Crippen molar-refractivity contribution in [1.82, 2.24) is 5.32 Å². The summed E-state index contributed by atoms with van der Waals surface area (Å²) in [6, 6.07) is 6.75. The van der Waals surface area contributed by atoms with Crippen LogP contribution in [-0.4, -0.2) is 29.3 Å². The van der Waals surface area contributed by atoms with Gasteiger partial charge in [-0.15, -0.1) is 11.8 Å². The van der Waals surface area contributed by atoms with E-state index in [1.165, 1.54) is 37.4 Å². The van der Waals surface area contributed by atoms with Crippen LogP contribution in [0.5, 0.6) is 0 Å². The number of benzene rings is 1. The minimum Gasteiger partial charge on any atom is -0.478 e. The van der Waals surface area contributed by atoms with Gasteiger partial charge in [-0.2, -0.15) is 0 Å². The van der Waals surface area contributed by atoms with Crippen LogP contribution in [-0.2, 0) is 4.79 Å². The number of rotatable bonds is 11. The molecule has 1 rings (SSSR count). The molecule has 0 atom stereocenters. The summed E-state index contributed by atoms with van der Waals surface area (Å²) in [5, 5.41) is 12.0. The van der Waals surface area contributed by atoms with E-state index in [0.717, 1.165) is 12.8 Å². The van der Waals surface area contributed by atoms with Crippen LogP contribution in [0.25, 0.3) is 0 Å². The van der Waals surface area contributed by atoms with Crippen LogP contribution in [0, 0.1) is 0 Å². The highest BCUT2D eigenvalue weighted by Crippen LogP contribution is 2.22. The summed E-state index contributed by atoms with van der Waals surface area (Å²) in [7, 11) is 0. The third-order valence-corrected chi connectivity index (χ3v) is 4.40. The Morgan fingerprint density at radius 3 is 2.50 bits per heavy atom. The Balaban J connectivity index is 2.20. The zero-order chi connectivity index (χ0) is 16.2. The molecule has 1 aromatic rings. The lowest BCUT2D eigenvalue weighted by molar-refractivity contribution is -0.118. The van der Waals surface area contributed by atoms with Crippen LogP contribution >= 0.6 is 11.8 Å². The predicted octanol–water partition coefficient (Wildman–Crippen LogP) is 3.95. The highest BCUT2D eigenvalue weighted by Gasteiger charge is 2.10. The van der Waals surface area contributed by atoms with Crippen molar-refractivity contribution < 1.29 is 14.7 Å². The molecule has 0 aliphatic carbocycles. The molecule has 0 aliphatic heterocycles. The van der Waals surface area contributed by atoms with Gasteiger partial charge in [0.25, 0.3) is 0 Å². The number of hydrogen-bond acceptors (Lipinski definition) is 3. The van der Waals surface area contributed by atoms with Crippen molar-refractivity contribution in [2.75, 3.05) is 12.3 Å². The molecule has 0 radical (unpaired) electrons. The number of carbonyl (C=O) groups excluding carboxylic acids is 1. The molecule has 0 heterocycles. The molecular formula is C17H25NO3S. The number of carbonyl (C=O) groups is 2. The Kier molecular flexibility index (Phi) is 9.39. The van der Waals surface area contributed by atoms with E-state index in [4.69, 9.17) is 5.11 Å². The lowest BCUT2D eigenvalue weighted by Crippen LogP contribution is -2.26. The average molecular weight is 323 g/mol. The van der Waals surface area contributed by atoms with Crippen molar-refractivity contribution in [3.8, 4) is 0 Å². The molecule has 0 aliphatic rings. The minimum absolute atomic E-state index is 0.0428. The Morgan fingerprint density at radius 2 is 1.77 bits per heavy atom. The summed E-state index contributed by atoms with van der Waals surface area (Å²) in [6.07, 6.45) is 7.18. The third-order valence-electron chi connectivity index (χ3n) is 3.33. The number of unbranched alkanes of at least 4 members (excludes halogenated alkanes) is 5. The van der Waals surface area contributed by atoms with E-state index in [-0.39, 0.29) is 17.2 Å². The van der Waals surface area contributed by atoms with Gasteiger partial charge >= 0.3 is 5.97 Å². The molecule has 0 saturated carbocycles. The van der Waals surface area contributed by atoms with E-state index in [9.17, 15) is 9.59 Å². The van der Waals surface area contributed by atoms with E-state index in [0.29, 0.717) is 11.4 Å². The van der Waals surface area contributed by atoms with Gasteiger partial charge in [0.1, 0.15) is 0 Å². The first-order chi connectivity index (χ1) is 10.6. The van der Waals surface area contributed by atoms with Gasteiger partial charge in [0, 0.05) is 11.4 Å². The molecule has 22 heavy (non-hydrogen) atoms. The summed E-state index contributed by atoms with van der Waals surface area (Å²) in [6.45, 7) is 2.90. The SMILES string of the molecule is CCCCCCCCNC(=O)CSc1ccccc1C(=O)O. The topological polar surface area (TPSA) is 66.4 Å². The molecule has 1 amide bonds. The molecular weight excluding hydrogens is 298 g/mol. The van der Waals surface area contributed by atoms with Gasteiger partial charge in [-0.1, -0.05) is 51.2 Å². The van der Waals surface area contributed by atoms with Crippen LogP contribution in [0.3, 0.4) is 0 Å². The number of carboxylic acids is 1. The monoisotopic (exact) mass is 323 g/mol. The molecule has 4 nitrogen and oxygen atoms in total. The van der Waals surface area contributed by atoms with Crippen LogP contribution in [0.4, 0.5) is 0 Å². The number of nitrogens with one attached hydrogen (secondary N) is 1. The lowest BCUT2D eigenvalue weighted by atomic mass is 10.1. The Morgan fingerprint density at radius 1 is 1.09 bits per heavy atom. The predicted molar refractivity (Wildman–Crippen MR) is 90.5 cm³/mol. The lowest BCUT2D eigenvalue weighted by Gasteiger charge is -2.07. The number of aromatic carboxylic acids is 1. The van der Waals surface area contributed by atoms with Crippen molar-refractivity contribution in [2.45, 2.75) is 50.3 Å². The second-order valence-corrected chi connectivity index (χ2v) is 6.22. The van der Waals surface area contributed by atoms with Gasteiger partial charge in [-0.05, 0) is 18.6 Å². The van der Waals surface area contributed by atoms with Gasteiger partial charge < -0.3 is 10.4 Å². The summed E-state index contributed by atoms with van der Waals surface area (Å²) >= 11 is 1.27. The molecule has 0 aromatic heterocycles. The Labute approximate surface area is 136 Å². The molecule has 1 aromatic carbocycles. The minimum atomic E-state index is -0.962. The first kappa shape index (κ1) is 18.6. The van der Waals surface area contributed by atoms with Crippen LogP contribution < -0.4 is 5.32 Å². The van der Waals surface area contributed by atoms with Crippen LogP contribution in [0.2, 0.25) is 0 Å². The summed E-state index contributed by atoms with van der Waals surface area (Å²) in [5.41, 5.74) is 0.247. The van der Waals surface area contributed by atoms with Crippen molar-refractivity contribution in [3.63, 3.8) is 0 Å². The maximum atomic E-state index is 11.8. The van der Waals surface area contributed by atoms with E-state index in [2.05, 4.69) is 12.2 Å². The van der Waals surface area contributed by atoms with Gasteiger partial charge in [-0.25, -0.2) is 4.79 Å². The molecule has 0 spiro atoms. The number of carboxylic acid groups (broad SMARTS) is 1. The average Bonchev–Trinajstić information content (AvgIpc) is 2.52. The Bertz CT molecular complexity index is 477. The first-order valence-corrected chi connectivity index (χ1v) is 8.85. The number of amides is 1. The van der Waals surface area contributed by atoms with E-state index >= 15 is 0 Å². The van der Waals surface area contributed by atoms with Gasteiger partial charge in [0.15, 0.2) is 0 Å². The zero-order valence-corrected chi connectivity index (χ0v) is 14.0. The second-order valence-electron chi connectivity index (χ2n) is 5.21. The molecule has 2 N–H and O–H groups in total. The number of thioether (sulfide) groups is 1. The molecule has 122 valence electrons. The molecule has 0 bridgehead atoms. The molecule has 0 unspecified atom stereocenters. The van der Waals surface area contributed by atoms with Crippen molar-refractivity contribution in [1.29, 1.82) is 0 Å². The fraction of sp³-hybridized carbons (Fsp3) is 0.529. The first-order valence-electron chi connectivity index (χ1n) is 7.87. The summed E-state index contributed by atoms with van der Waals surface area (Å²) in [4.78, 5) is 23.5. The normalized spacial score (nSPS) is 10.4. The van der Waals surface area contributed by atoms with Gasteiger partial charge in [0.05, 0.1) is 11.3 Å². The zero-order valence-electron chi connectivity index (χ0n) is 13.1. The maximum Gasteiger partial charge on any atom is 0.336 e. The fourth-order valence-electron chi connectivity index (χ4n) is 2.10. The summed E-state index contributed by atoms with van der Waals surface area (Å²) < 4.78 is 0. The molecule has 0 fully saturated rings. The highest BCUT2D eigenvalue weighted by molar-refractivity contribution is 8.00. The third kappa shape index (κ3) is 7.50. The van der Waals surface area contributed by atoms with E-state index < -0.39 is 5.97 Å². The largest absolute Gasteiger partial charge is 0.478 e. The highest BCUT2D eigenvalue weighted by atomic mass is 32.2. The van der Waals surface area contributed by atoms with Crippen molar-refractivity contribution >= 4 is 23.6 Å². The fourth-order valence-corrected chi connectivity index (χ4v) is 2.97. The van der Waals surface area contributed by atoms with Crippen molar-refractivity contribution in [3.05, 3.63) is 29.8 Å². The van der Waals surface area contributed by atoms with Gasteiger partial charge in [0.2, 0.25) is 5.91 Å². The number of hydrogen-bond donors (Lipinski definition) is 2. The van der Waals surface area contributed by atoms with Crippen LogP contribution in [0.1, 0.15) is 55.8 Å². The molecule has 0 saturated heterocycles. The smallest absolute Gasteiger partial charge is 0.336 e. The van der Waals surface area contributed by atoms with E-state index in [1.54, 1.807) is 24.3 Å². The Hall–Kier alpha value is -1.49. The maximum absolute atomic E-state index is 11.8. The quantitative estimate of drug-likeness (QED) is 0.478. The van der Waals surface area contributed by atoms with Crippen LogP contribution in [0.15, 0.2) is 29.2 Å². The summed E-state index contributed by atoms with van der Waals surface area (Å²) in [5.74, 6) is -0.755. The standard InChI is InChI=1S/C17H25NO3S/c1-2-3-4-5-6-9-12-18-16(19)13-22-15-11-8-7-10-14(15)17(20)21/h7-8,10-11H,2-6,9,12-13H2,1H3,(H,18,19)(H,20,21).